The third-order valence-electron chi connectivity index (χ3n) is 8.49. The van der Waals surface area contributed by atoms with Gasteiger partial charge >= 0.3 is 6.03 Å². The van der Waals surface area contributed by atoms with Gasteiger partial charge in [-0.05, 0) is 80.8 Å². The monoisotopic (exact) mass is 681 g/mol. The first-order chi connectivity index (χ1) is 21.9. The van der Waals surface area contributed by atoms with Crippen LogP contribution in [0.25, 0.3) is 0 Å². The summed E-state index contributed by atoms with van der Waals surface area (Å²) in [6.07, 6.45) is 0. The summed E-state index contributed by atoms with van der Waals surface area (Å²) < 4.78 is 32.7. The van der Waals surface area contributed by atoms with Gasteiger partial charge in [-0.15, -0.1) is 0 Å². The molecule has 0 N–H and O–H groups in total. The molecule has 0 bridgehead atoms. The van der Waals surface area contributed by atoms with E-state index >= 15 is 0 Å². The first-order valence-electron chi connectivity index (χ1n) is 15.2. The zero-order valence-electron chi connectivity index (χ0n) is 26.3. The van der Waals surface area contributed by atoms with Gasteiger partial charge in [-0.2, -0.15) is 9.57 Å². The average molecular weight is 683 g/mol. The Kier molecular flexibility index (Phi) is 9.99. The lowest BCUT2D eigenvalue weighted by Crippen LogP contribution is -2.55. The van der Waals surface area contributed by atoms with E-state index in [1.807, 2.05) is 63.2 Å². The third kappa shape index (κ3) is 6.74. The number of amides is 2. The number of nitrogens with zero attached hydrogens (tertiary/aromatic N) is 5. The van der Waals surface area contributed by atoms with Gasteiger partial charge in [0.25, 0.3) is 0 Å². The van der Waals surface area contributed by atoms with Gasteiger partial charge in [-0.3, -0.25) is 9.89 Å². The topological polar surface area (TPSA) is 106 Å². The zero-order chi connectivity index (χ0) is 33.2. The van der Waals surface area contributed by atoms with Crippen molar-refractivity contribution in [3.05, 3.63) is 99.0 Å². The highest BCUT2D eigenvalue weighted by Gasteiger charge is 2.45. The highest BCUT2D eigenvalue weighted by molar-refractivity contribution is 7.89. The second kappa shape index (κ2) is 13.6. The van der Waals surface area contributed by atoms with Crippen LogP contribution in [0, 0.1) is 11.3 Å². The summed E-state index contributed by atoms with van der Waals surface area (Å²) in [7, 11) is -3.38. The SMILES string of the molecule is CCOc1cc(C(C)(C)C#N)ccc1C1=N[C@@H](c2ccc(Cl)cc2)[C@@H](c2ccc(Cl)cc2)N1C(=O)N1CCN(S(=O)(=O)CC)CC1. The van der Waals surface area contributed by atoms with Crippen molar-refractivity contribution < 1.29 is 17.9 Å². The van der Waals surface area contributed by atoms with Crippen LogP contribution in [0.3, 0.4) is 0 Å². The Bertz CT molecular complexity index is 1760. The Morgan fingerprint density at radius 3 is 2.09 bits per heavy atom. The number of amidine groups is 1. The minimum Gasteiger partial charge on any atom is -0.493 e. The lowest BCUT2D eigenvalue weighted by atomic mass is 9.85. The molecular weight excluding hydrogens is 645 g/mol. The summed E-state index contributed by atoms with van der Waals surface area (Å²) in [5.41, 5.74) is 2.29. The summed E-state index contributed by atoms with van der Waals surface area (Å²) in [6, 6.07) is 21.3. The highest BCUT2D eigenvalue weighted by atomic mass is 35.5. The van der Waals surface area contributed by atoms with Gasteiger partial charge < -0.3 is 9.64 Å². The molecule has 1 saturated heterocycles. The van der Waals surface area contributed by atoms with E-state index in [0.717, 1.165) is 16.7 Å². The molecule has 12 heteroatoms. The van der Waals surface area contributed by atoms with Crippen molar-refractivity contribution in [2.45, 2.75) is 45.2 Å². The Labute approximate surface area is 281 Å². The average Bonchev–Trinajstić information content (AvgIpc) is 3.45. The van der Waals surface area contributed by atoms with Gasteiger partial charge in [0.15, 0.2) is 0 Å². The van der Waals surface area contributed by atoms with E-state index in [1.54, 1.807) is 41.0 Å². The number of ether oxygens (including phenoxy) is 1. The van der Waals surface area contributed by atoms with Crippen LogP contribution in [0.15, 0.2) is 71.7 Å². The summed E-state index contributed by atoms with van der Waals surface area (Å²) >= 11 is 12.6. The number of urea groups is 1. The normalized spacial score (nSPS) is 19.1. The molecule has 0 unspecified atom stereocenters. The van der Waals surface area contributed by atoms with Crippen molar-refractivity contribution >= 4 is 45.1 Å². The number of hydrogen-bond donors (Lipinski definition) is 0. The highest BCUT2D eigenvalue weighted by Crippen LogP contribution is 2.46. The summed E-state index contributed by atoms with van der Waals surface area (Å²) in [5, 5.41) is 11.0. The molecule has 9 nitrogen and oxygen atoms in total. The fraction of sp³-hybridized carbons (Fsp3) is 0.382. The molecule has 2 aliphatic rings. The van der Waals surface area contributed by atoms with Gasteiger partial charge in [0.1, 0.15) is 17.6 Å². The number of carbonyl (C=O) groups is 1. The summed E-state index contributed by atoms with van der Waals surface area (Å²) in [5.74, 6) is 0.924. The van der Waals surface area contributed by atoms with E-state index in [-0.39, 0.29) is 38.0 Å². The van der Waals surface area contributed by atoms with E-state index in [4.69, 9.17) is 32.9 Å². The first-order valence-corrected chi connectivity index (χ1v) is 17.6. The van der Waals surface area contributed by atoms with Crippen molar-refractivity contribution in [1.82, 2.24) is 14.1 Å². The van der Waals surface area contributed by atoms with E-state index in [2.05, 4.69) is 6.07 Å². The van der Waals surface area contributed by atoms with E-state index < -0.39 is 27.5 Å². The van der Waals surface area contributed by atoms with Crippen molar-refractivity contribution in [3.63, 3.8) is 0 Å². The maximum absolute atomic E-state index is 14.7. The minimum atomic E-state index is -3.38. The van der Waals surface area contributed by atoms with Crippen molar-refractivity contribution in [2.75, 3.05) is 38.5 Å². The Morgan fingerprint density at radius 1 is 0.957 bits per heavy atom. The Hall–Kier alpha value is -3.62. The van der Waals surface area contributed by atoms with Crippen molar-refractivity contribution in [3.8, 4) is 11.8 Å². The van der Waals surface area contributed by atoms with Crippen LogP contribution in [0.5, 0.6) is 5.75 Å². The van der Waals surface area contributed by atoms with Gasteiger partial charge in [-0.1, -0.05) is 53.5 Å². The number of halogens is 2. The number of aliphatic imine (C=N–C) groups is 1. The van der Waals surface area contributed by atoms with Gasteiger partial charge in [0.2, 0.25) is 10.0 Å². The van der Waals surface area contributed by atoms with Crippen LogP contribution in [0.1, 0.15) is 62.0 Å². The molecule has 0 spiro atoms. The molecule has 2 heterocycles. The molecule has 0 saturated carbocycles. The van der Waals surface area contributed by atoms with Crippen LogP contribution in [0.4, 0.5) is 4.79 Å². The quantitative estimate of drug-likeness (QED) is 0.259. The predicted octanol–water partition coefficient (Wildman–Crippen LogP) is 6.83. The molecule has 46 heavy (non-hydrogen) atoms. The summed E-state index contributed by atoms with van der Waals surface area (Å²) in [4.78, 5) is 23.3. The smallest absolute Gasteiger partial charge is 0.326 e. The third-order valence-corrected chi connectivity index (χ3v) is 10.9. The molecule has 5 rings (SSSR count). The molecule has 0 aliphatic carbocycles. The molecule has 0 aromatic heterocycles. The molecule has 3 aromatic rings. The van der Waals surface area contributed by atoms with Gasteiger partial charge in [-0.25, -0.2) is 13.2 Å². The number of nitriles is 1. The second-order valence-electron chi connectivity index (χ2n) is 11.8. The molecule has 2 atom stereocenters. The summed E-state index contributed by atoms with van der Waals surface area (Å²) in [6.45, 7) is 8.41. The fourth-order valence-corrected chi connectivity index (χ4v) is 7.12. The maximum atomic E-state index is 14.7. The molecule has 0 radical (unpaired) electrons. The Morgan fingerprint density at radius 2 is 1.54 bits per heavy atom. The van der Waals surface area contributed by atoms with Crippen LogP contribution in [-0.2, 0) is 15.4 Å². The number of hydrogen-bond acceptors (Lipinski definition) is 6. The number of sulfonamides is 1. The van der Waals surface area contributed by atoms with Gasteiger partial charge in [0.05, 0.1) is 35.4 Å². The molecule has 2 amide bonds. The maximum Gasteiger partial charge on any atom is 0.326 e. The zero-order valence-corrected chi connectivity index (χ0v) is 28.6. The first kappa shape index (κ1) is 33.7. The lowest BCUT2D eigenvalue weighted by molar-refractivity contribution is 0.143. The number of benzene rings is 3. The van der Waals surface area contributed by atoms with Crippen LogP contribution >= 0.6 is 23.2 Å². The second-order valence-corrected chi connectivity index (χ2v) is 14.9. The molecule has 2 aliphatic heterocycles. The largest absolute Gasteiger partial charge is 0.493 e. The Balaban J connectivity index is 1.66. The van der Waals surface area contributed by atoms with E-state index in [9.17, 15) is 18.5 Å². The van der Waals surface area contributed by atoms with Gasteiger partial charge in [0, 0.05) is 36.2 Å². The minimum absolute atomic E-state index is 0.00407. The molecule has 1 fully saturated rings. The van der Waals surface area contributed by atoms with Crippen LogP contribution in [-0.4, -0.2) is 72.9 Å². The number of piperazine rings is 1. The number of carbonyl (C=O) groups excluding carboxylic acids is 1. The van der Waals surface area contributed by atoms with Crippen LogP contribution < -0.4 is 4.74 Å². The van der Waals surface area contributed by atoms with E-state index in [0.29, 0.717) is 33.8 Å². The standard InChI is InChI=1S/C34H37Cl2N5O4S/c1-5-45-29-21-25(34(3,4)22-37)11-16-28(29)32-38-30(23-7-12-26(35)13-8-23)31(24-9-14-27(36)15-10-24)41(32)33(42)39-17-19-40(20-18-39)46(43,44)6-2/h7-16,21,30-31H,5-6,17-20H2,1-4H3/t30-,31+/m0/s1. The molecular formula is C34H37Cl2N5O4S. The van der Waals surface area contributed by atoms with Crippen LogP contribution in [0.2, 0.25) is 10.0 Å². The predicted molar refractivity (Wildman–Crippen MR) is 181 cm³/mol. The molecule has 3 aromatic carbocycles. The van der Waals surface area contributed by atoms with E-state index in [1.165, 1.54) is 4.31 Å². The van der Waals surface area contributed by atoms with Crippen molar-refractivity contribution in [2.24, 2.45) is 4.99 Å². The van der Waals surface area contributed by atoms with Crippen molar-refractivity contribution in [1.29, 1.82) is 5.26 Å². The molecule has 242 valence electrons. The lowest BCUT2D eigenvalue weighted by Gasteiger charge is -2.38. The number of rotatable bonds is 8. The fourth-order valence-electron chi connectivity index (χ4n) is 5.78.